The lowest BCUT2D eigenvalue weighted by atomic mass is 9.93. The monoisotopic (exact) mass is 391 g/mol. The fourth-order valence-electron chi connectivity index (χ4n) is 3.36. The fourth-order valence-corrected chi connectivity index (χ4v) is 3.36. The molecule has 3 aromatic rings. The van der Waals surface area contributed by atoms with Crippen molar-refractivity contribution in [2.75, 3.05) is 11.9 Å². The van der Waals surface area contributed by atoms with Gasteiger partial charge in [0.2, 0.25) is 5.95 Å². The van der Waals surface area contributed by atoms with Crippen LogP contribution in [0.5, 0.6) is 0 Å². The predicted molar refractivity (Wildman–Crippen MR) is 112 cm³/mol. The Labute approximate surface area is 169 Å². The molecule has 1 aromatic carbocycles. The summed E-state index contributed by atoms with van der Waals surface area (Å²) in [4.78, 5) is 24.7. The molecule has 7 nitrogen and oxygen atoms in total. The number of rotatable bonds is 7. The van der Waals surface area contributed by atoms with Crippen molar-refractivity contribution < 1.29 is 9.90 Å². The van der Waals surface area contributed by atoms with Crippen LogP contribution < -0.4 is 10.6 Å². The average Bonchev–Trinajstić information content (AvgIpc) is 3.20. The second-order valence-corrected chi connectivity index (χ2v) is 7.42. The lowest BCUT2D eigenvalue weighted by molar-refractivity contribution is 0.0912. The predicted octanol–water partition coefficient (Wildman–Crippen LogP) is 3.21. The number of aryl methyl sites for hydroxylation is 1. The largest absolute Gasteiger partial charge is 0.394 e. The first-order valence-corrected chi connectivity index (χ1v) is 9.89. The number of benzene rings is 1. The van der Waals surface area contributed by atoms with E-state index < -0.39 is 6.04 Å². The molecule has 1 amide bonds. The van der Waals surface area contributed by atoms with Crippen molar-refractivity contribution in [3.63, 3.8) is 0 Å². The number of carbonyl (C=O) groups is 1. The van der Waals surface area contributed by atoms with Crippen LogP contribution in [0, 0.1) is 6.92 Å². The zero-order chi connectivity index (χ0) is 20.2. The number of H-pyrrole nitrogens is 1. The maximum atomic E-state index is 12.7. The minimum absolute atomic E-state index is 0.176. The molecular formula is C22H25N5O2. The number of hydrogen-bond donors (Lipinski definition) is 4. The van der Waals surface area contributed by atoms with Crippen LogP contribution in [-0.4, -0.2) is 38.6 Å². The Morgan fingerprint density at radius 1 is 1.31 bits per heavy atom. The molecule has 2 aromatic heterocycles. The van der Waals surface area contributed by atoms with Crippen molar-refractivity contribution in [2.24, 2.45) is 0 Å². The molecule has 0 bridgehead atoms. The summed E-state index contributed by atoms with van der Waals surface area (Å²) in [7, 11) is 0. The third kappa shape index (κ3) is 4.30. The van der Waals surface area contributed by atoms with Crippen LogP contribution in [0.3, 0.4) is 0 Å². The number of anilines is 1. The van der Waals surface area contributed by atoms with Gasteiger partial charge in [-0.15, -0.1) is 0 Å². The Balaban J connectivity index is 1.50. The minimum Gasteiger partial charge on any atom is -0.394 e. The molecule has 0 aliphatic heterocycles. The number of aromatic nitrogens is 3. The van der Waals surface area contributed by atoms with E-state index in [1.165, 1.54) is 6.42 Å². The molecule has 0 saturated heterocycles. The van der Waals surface area contributed by atoms with Crippen LogP contribution in [0.4, 0.5) is 5.95 Å². The topological polar surface area (TPSA) is 103 Å². The van der Waals surface area contributed by atoms with Gasteiger partial charge in [0.1, 0.15) is 5.69 Å². The van der Waals surface area contributed by atoms with E-state index in [9.17, 15) is 9.90 Å². The van der Waals surface area contributed by atoms with Gasteiger partial charge in [0.05, 0.1) is 18.3 Å². The standard InChI is InChI=1S/C22H25N5O2/c1-14-11-24-22(25-17-8-5-9-17)27-20(14)16-10-18(23-12-16)21(29)26-19(13-28)15-6-3-2-4-7-15/h2-4,6-7,10-12,17,19,23,28H,5,8-9,13H2,1H3,(H,26,29)(H,24,25,27)/t19-/m1/s1. The van der Waals surface area contributed by atoms with E-state index in [2.05, 4.69) is 25.6 Å². The van der Waals surface area contributed by atoms with Crippen molar-refractivity contribution in [3.8, 4) is 11.3 Å². The summed E-state index contributed by atoms with van der Waals surface area (Å²) >= 11 is 0. The number of hydrogen-bond acceptors (Lipinski definition) is 5. The number of aliphatic hydroxyl groups excluding tert-OH is 1. The molecule has 1 aliphatic rings. The van der Waals surface area contributed by atoms with Gasteiger partial charge in [-0.05, 0) is 43.4 Å². The van der Waals surface area contributed by atoms with Gasteiger partial charge in [0, 0.05) is 24.0 Å². The molecule has 150 valence electrons. The first-order valence-electron chi connectivity index (χ1n) is 9.89. The molecule has 7 heteroatoms. The van der Waals surface area contributed by atoms with Gasteiger partial charge in [-0.25, -0.2) is 9.97 Å². The van der Waals surface area contributed by atoms with Crippen molar-refractivity contribution in [1.82, 2.24) is 20.3 Å². The molecule has 1 fully saturated rings. The summed E-state index contributed by atoms with van der Waals surface area (Å²) in [6, 6.07) is 11.2. The number of nitrogens with one attached hydrogen (secondary N) is 3. The summed E-state index contributed by atoms with van der Waals surface area (Å²) < 4.78 is 0. The van der Waals surface area contributed by atoms with Crippen LogP contribution in [0.15, 0.2) is 48.8 Å². The summed E-state index contributed by atoms with van der Waals surface area (Å²) in [5.41, 5.74) is 3.83. The fraction of sp³-hybridized carbons (Fsp3) is 0.318. The molecule has 1 saturated carbocycles. The number of amides is 1. The SMILES string of the molecule is Cc1cnc(NC2CCC2)nc1-c1c[nH]c(C(=O)N[C@H](CO)c2ccccc2)c1. The Kier molecular flexibility index (Phi) is 5.57. The van der Waals surface area contributed by atoms with Gasteiger partial charge < -0.3 is 20.7 Å². The minimum atomic E-state index is -0.463. The number of nitrogens with zero attached hydrogens (tertiary/aromatic N) is 2. The Hall–Kier alpha value is -3.19. The highest BCUT2D eigenvalue weighted by atomic mass is 16.3. The zero-order valence-electron chi connectivity index (χ0n) is 16.4. The third-order valence-electron chi connectivity index (χ3n) is 5.30. The molecule has 4 rings (SSSR count). The molecule has 4 N–H and O–H groups in total. The van der Waals surface area contributed by atoms with Crippen LogP contribution >= 0.6 is 0 Å². The first kappa shape index (κ1) is 19.1. The second-order valence-electron chi connectivity index (χ2n) is 7.42. The smallest absolute Gasteiger partial charge is 0.268 e. The summed E-state index contributed by atoms with van der Waals surface area (Å²) in [6.45, 7) is 1.77. The highest BCUT2D eigenvalue weighted by Crippen LogP contribution is 2.26. The van der Waals surface area contributed by atoms with Crippen LogP contribution in [0.1, 0.15) is 46.9 Å². The van der Waals surface area contributed by atoms with Crippen LogP contribution in [0.2, 0.25) is 0 Å². The zero-order valence-corrected chi connectivity index (χ0v) is 16.4. The molecular weight excluding hydrogens is 366 g/mol. The lowest BCUT2D eigenvalue weighted by Gasteiger charge is -2.26. The maximum Gasteiger partial charge on any atom is 0.268 e. The number of aromatic amines is 1. The van der Waals surface area contributed by atoms with E-state index in [4.69, 9.17) is 0 Å². The molecule has 1 atom stereocenters. The quantitative estimate of drug-likeness (QED) is 0.495. The van der Waals surface area contributed by atoms with Crippen molar-refractivity contribution in [1.29, 1.82) is 0 Å². The van der Waals surface area contributed by atoms with Gasteiger partial charge in [-0.2, -0.15) is 0 Å². The van der Waals surface area contributed by atoms with E-state index in [0.717, 1.165) is 35.2 Å². The van der Waals surface area contributed by atoms with Gasteiger partial charge in [-0.1, -0.05) is 30.3 Å². The Bertz CT molecular complexity index is 982. The molecule has 0 unspecified atom stereocenters. The van der Waals surface area contributed by atoms with Gasteiger partial charge in [0.15, 0.2) is 0 Å². The molecule has 0 spiro atoms. The molecule has 2 heterocycles. The molecule has 1 aliphatic carbocycles. The Morgan fingerprint density at radius 3 is 2.79 bits per heavy atom. The maximum absolute atomic E-state index is 12.7. The highest BCUT2D eigenvalue weighted by molar-refractivity contribution is 5.94. The first-order chi connectivity index (χ1) is 14.1. The lowest BCUT2D eigenvalue weighted by Crippen LogP contribution is -2.30. The van der Waals surface area contributed by atoms with Crippen molar-refractivity contribution in [2.45, 2.75) is 38.3 Å². The Morgan fingerprint density at radius 2 is 2.10 bits per heavy atom. The van der Waals surface area contributed by atoms with Gasteiger partial charge in [0.25, 0.3) is 5.91 Å². The van der Waals surface area contributed by atoms with E-state index >= 15 is 0 Å². The normalized spacial score (nSPS) is 14.8. The van der Waals surface area contributed by atoms with Crippen molar-refractivity contribution >= 4 is 11.9 Å². The van der Waals surface area contributed by atoms with Gasteiger partial charge in [-0.3, -0.25) is 4.79 Å². The van der Waals surface area contributed by atoms with E-state index in [0.29, 0.717) is 17.7 Å². The van der Waals surface area contributed by atoms with Crippen LogP contribution in [-0.2, 0) is 0 Å². The van der Waals surface area contributed by atoms with E-state index in [1.807, 2.05) is 37.3 Å². The number of carbonyl (C=O) groups excluding carboxylic acids is 1. The summed E-state index contributed by atoms with van der Waals surface area (Å²) in [6.07, 6.45) is 7.11. The highest BCUT2D eigenvalue weighted by Gasteiger charge is 2.20. The summed E-state index contributed by atoms with van der Waals surface area (Å²) in [5.74, 6) is 0.339. The third-order valence-corrected chi connectivity index (χ3v) is 5.30. The van der Waals surface area contributed by atoms with Crippen molar-refractivity contribution in [3.05, 3.63) is 65.6 Å². The molecule has 29 heavy (non-hydrogen) atoms. The van der Waals surface area contributed by atoms with Crippen LogP contribution in [0.25, 0.3) is 11.3 Å². The van der Waals surface area contributed by atoms with E-state index in [-0.39, 0.29) is 12.5 Å². The number of aliphatic hydroxyl groups is 1. The van der Waals surface area contributed by atoms with Gasteiger partial charge >= 0.3 is 0 Å². The second kappa shape index (κ2) is 8.45. The molecule has 0 radical (unpaired) electrons. The summed E-state index contributed by atoms with van der Waals surface area (Å²) in [5, 5.41) is 15.9. The van der Waals surface area contributed by atoms with E-state index in [1.54, 1.807) is 18.5 Å². The average molecular weight is 391 g/mol.